The molecule has 78 valence electrons. The van der Waals surface area contributed by atoms with Gasteiger partial charge in [0.1, 0.15) is 0 Å². The molecule has 0 aliphatic rings. The molecule has 0 saturated heterocycles. The third kappa shape index (κ3) is 2.54. The number of anilines is 1. The van der Waals surface area contributed by atoms with Crippen LogP contribution in [0.3, 0.4) is 0 Å². The summed E-state index contributed by atoms with van der Waals surface area (Å²) < 4.78 is 1.07. The third-order valence-corrected chi connectivity index (χ3v) is 3.79. The lowest BCUT2D eigenvalue weighted by atomic mass is 10.2. The molecule has 15 heavy (non-hydrogen) atoms. The molecular formula is C10H10BrN3S. The van der Waals surface area contributed by atoms with E-state index in [9.17, 15) is 0 Å². The largest absolute Gasteiger partial charge is 0.365 e. The number of thiazole rings is 1. The molecule has 0 radical (unpaired) electrons. The van der Waals surface area contributed by atoms with Crippen LogP contribution in [0, 0.1) is 0 Å². The molecule has 0 saturated carbocycles. The first-order chi connectivity index (χ1) is 7.29. The number of halogens is 1. The van der Waals surface area contributed by atoms with Crippen LogP contribution in [-0.2, 0) is 6.42 Å². The number of rotatable bonds is 3. The van der Waals surface area contributed by atoms with E-state index in [1.807, 2.05) is 25.2 Å². The van der Waals surface area contributed by atoms with Gasteiger partial charge in [0, 0.05) is 25.4 Å². The van der Waals surface area contributed by atoms with Gasteiger partial charge in [-0.3, -0.25) is 4.98 Å². The highest BCUT2D eigenvalue weighted by molar-refractivity contribution is 9.11. The summed E-state index contributed by atoms with van der Waals surface area (Å²) >= 11 is 5.10. The Kier molecular flexibility index (Phi) is 3.33. The summed E-state index contributed by atoms with van der Waals surface area (Å²) in [5.74, 6) is 0. The minimum Gasteiger partial charge on any atom is -0.365 e. The molecule has 2 rings (SSSR count). The van der Waals surface area contributed by atoms with Crippen LogP contribution in [0.5, 0.6) is 0 Å². The lowest BCUT2D eigenvalue weighted by Gasteiger charge is -1.96. The summed E-state index contributed by atoms with van der Waals surface area (Å²) in [4.78, 5) is 8.72. The molecular weight excluding hydrogens is 274 g/mol. The molecule has 0 aromatic carbocycles. The lowest BCUT2D eigenvalue weighted by Crippen LogP contribution is -1.93. The Morgan fingerprint density at radius 2 is 2.33 bits per heavy atom. The van der Waals surface area contributed by atoms with Crippen molar-refractivity contribution in [3.63, 3.8) is 0 Å². The first-order valence-electron chi connectivity index (χ1n) is 4.52. The van der Waals surface area contributed by atoms with E-state index >= 15 is 0 Å². The Hall–Kier alpha value is -0.940. The van der Waals surface area contributed by atoms with Crippen molar-refractivity contribution in [2.75, 3.05) is 12.4 Å². The summed E-state index contributed by atoms with van der Waals surface area (Å²) in [6, 6.07) is 5.91. The highest BCUT2D eigenvalue weighted by Crippen LogP contribution is 2.29. The minimum absolute atomic E-state index is 0.763. The number of nitrogens with zero attached hydrogens (tertiary/aromatic N) is 2. The predicted molar refractivity (Wildman–Crippen MR) is 66.4 cm³/mol. The molecule has 1 N–H and O–H groups in total. The highest BCUT2D eigenvalue weighted by Gasteiger charge is 2.08. The molecule has 3 nitrogen and oxygen atoms in total. The first kappa shape index (κ1) is 10.6. The van der Waals surface area contributed by atoms with Crippen LogP contribution in [0.4, 0.5) is 5.13 Å². The van der Waals surface area contributed by atoms with Gasteiger partial charge in [0.05, 0.1) is 9.48 Å². The average Bonchev–Trinajstić information content (AvgIpc) is 2.61. The van der Waals surface area contributed by atoms with E-state index in [1.54, 1.807) is 17.5 Å². The van der Waals surface area contributed by atoms with Gasteiger partial charge in [0.2, 0.25) is 0 Å². The van der Waals surface area contributed by atoms with Crippen molar-refractivity contribution in [3.05, 3.63) is 39.6 Å². The van der Waals surface area contributed by atoms with Gasteiger partial charge in [0.15, 0.2) is 5.13 Å². The van der Waals surface area contributed by atoms with E-state index in [0.717, 1.165) is 26.7 Å². The second kappa shape index (κ2) is 4.72. The molecule has 0 unspecified atom stereocenters. The highest BCUT2D eigenvalue weighted by atomic mass is 79.9. The van der Waals surface area contributed by atoms with Gasteiger partial charge in [-0.15, -0.1) is 0 Å². The number of hydrogen-bond acceptors (Lipinski definition) is 4. The zero-order chi connectivity index (χ0) is 10.7. The topological polar surface area (TPSA) is 37.8 Å². The maximum absolute atomic E-state index is 4.44. The van der Waals surface area contributed by atoms with E-state index in [-0.39, 0.29) is 0 Å². The second-order valence-corrected chi connectivity index (χ2v) is 5.30. The molecule has 0 bridgehead atoms. The standard InChI is InChI=1S/C10H10BrN3S/c1-12-10-14-8(9(11)15-10)6-7-4-2-3-5-13-7/h2-5H,6H2,1H3,(H,12,14). The lowest BCUT2D eigenvalue weighted by molar-refractivity contribution is 1.02. The van der Waals surface area contributed by atoms with Gasteiger partial charge in [-0.2, -0.15) is 0 Å². The second-order valence-electron chi connectivity index (χ2n) is 2.99. The van der Waals surface area contributed by atoms with Gasteiger partial charge < -0.3 is 5.32 Å². The predicted octanol–water partition coefficient (Wildman–Crippen LogP) is 2.93. The van der Waals surface area contributed by atoms with Gasteiger partial charge in [-0.05, 0) is 28.1 Å². The SMILES string of the molecule is CNc1nc(Cc2ccccn2)c(Br)s1. The van der Waals surface area contributed by atoms with Crippen molar-refractivity contribution in [1.29, 1.82) is 0 Å². The fraction of sp³-hybridized carbons (Fsp3) is 0.200. The minimum atomic E-state index is 0.763. The molecule has 2 aromatic rings. The molecule has 0 amide bonds. The van der Waals surface area contributed by atoms with E-state index < -0.39 is 0 Å². The molecule has 2 heterocycles. The first-order valence-corrected chi connectivity index (χ1v) is 6.13. The normalized spacial score (nSPS) is 10.3. The Morgan fingerprint density at radius 1 is 1.47 bits per heavy atom. The van der Waals surface area contributed by atoms with E-state index in [1.165, 1.54) is 0 Å². The average molecular weight is 284 g/mol. The monoisotopic (exact) mass is 283 g/mol. The number of pyridine rings is 1. The molecule has 0 spiro atoms. The van der Waals surface area contributed by atoms with E-state index in [0.29, 0.717) is 0 Å². The summed E-state index contributed by atoms with van der Waals surface area (Å²) in [5.41, 5.74) is 2.06. The Labute approximate surface area is 101 Å². The molecule has 0 atom stereocenters. The zero-order valence-electron chi connectivity index (χ0n) is 8.20. The van der Waals surface area contributed by atoms with Crippen LogP contribution >= 0.6 is 27.3 Å². The maximum Gasteiger partial charge on any atom is 0.183 e. The number of nitrogens with one attached hydrogen (secondary N) is 1. The Morgan fingerprint density at radius 3 is 2.93 bits per heavy atom. The fourth-order valence-electron chi connectivity index (χ4n) is 1.22. The van der Waals surface area contributed by atoms with E-state index in [4.69, 9.17) is 0 Å². The van der Waals surface area contributed by atoms with Crippen molar-refractivity contribution in [2.24, 2.45) is 0 Å². The molecule has 0 aliphatic carbocycles. The van der Waals surface area contributed by atoms with Crippen LogP contribution in [0.1, 0.15) is 11.4 Å². The van der Waals surface area contributed by atoms with E-state index in [2.05, 4.69) is 31.2 Å². The fourth-order valence-corrected chi connectivity index (χ4v) is 2.58. The Bertz CT molecular complexity index is 441. The Balaban J connectivity index is 2.21. The van der Waals surface area contributed by atoms with Crippen LogP contribution in [0.25, 0.3) is 0 Å². The third-order valence-electron chi connectivity index (χ3n) is 1.94. The molecule has 5 heteroatoms. The van der Waals surface area contributed by atoms with Crippen LogP contribution < -0.4 is 5.32 Å². The quantitative estimate of drug-likeness (QED) is 0.941. The van der Waals surface area contributed by atoms with Crippen molar-refractivity contribution < 1.29 is 0 Å². The summed E-state index contributed by atoms with van der Waals surface area (Å²) in [5, 5.41) is 3.95. The number of aromatic nitrogens is 2. The summed E-state index contributed by atoms with van der Waals surface area (Å²) in [7, 11) is 1.87. The smallest absolute Gasteiger partial charge is 0.183 e. The van der Waals surface area contributed by atoms with Gasteiger partial charge in [0.25, 0.3) is 0 Å². The summed E-state index contributed by atoms with van der Waals surface area (Å²) in [6.07, 6.45) is 2.56. The van der Waals surface area contributed by atoms with Crippen LogP contribution in [0.2, 0.25) is 0 Å². The molecule has 0 aliphatic heterocycles. The van der Waals surface area contributed by atoms with Gasteiger partial charge in [-0.25, -0.2) is 4.98 Å². The number of hydrogen-bond donors (Lipinski definition) is 1. The molecule has 0 fully saturated rings. The van der Waals surface area contributed by atoms with Crippen molar-refractivity contribution in [2.45, 2.75) is 6.42 Å². The van der Waals surface area contributed by atoms with Crippen molar-refractivity contribution >= 4 is 32.4 Å². The molecule has 2 aromatic heterocycles. The van der Waals surface area contributed by atoms with Crippen molar-refractivity contribution in [1.82, 2.24) is 9.97 Å². The van der Waals surface area contributed by atoms with Crippen LogP contribution in [-0.4, -0.2) is 17.0 Å². The van der Waals surface area contributed by atoms with Gasteiger partial charge >= 0.3 is 0 Å². The zero-order valence-corrected chi connectivity index (χ0v) is 10.6. The van der Waals surface area contributed by atoms with Gasteiger partial charge in [-0.1, -0.05) is 17.4 Å². The maximum atomic E-state index is 4.44. The van der Waals surface area contributed by atoms with Crippen molar-refractivity contribution in [3.8, 4) is 0 Å². The van der Waals surface area contributed by atoms with Crippen LogP contribution in [0.15, 0.2) is 28.2 Å². The summed E-state index contributed by atoms with van der Waals surface area (Å²) in [6.45, 7) is 0.